The van der Waals surface area contributed by atoms with Gasteiger partial charge in [0.2, 0.25) is 0 Å². The highest BCUT2D eigenvalue weighted by Gasteiger charge is 1.88. The summed E-state index contributed by atoms with van der Waals surface area (Å²) >= 11 is 5.84. The smallest absolute Gasteiger partial charge is 0.0259 e. The molecule has 0 N–H and O–H groups in total. The molecule has 10 heavy (non-hydrogen) atoms. The second-order valence-corrected chi connectivity index (χ2v) is 2.59. The van der Waals surface area contributed by atoms with Crippen molar-refractivity contribution in [3.8, 4) is 0 Å². The van der Waals surface area contributed by atoms with Crippen molar-refractivity contribution in [2.45, 2.75) is 6.92 Å². The van der Waals surface area contributed by atoms with E-state index >= 15 is 0 Å². The standard InChI is InChI=1S/C8H9ClN/c1-6-3-4-8(10-2)7(9)5-6/h3-5H,1-2H3/q-1. The normalized spacial score (nSPS) is 9.50. The van der Waals surface area contributed by atoms with Crippen molar-refractivity contribution in [2.24, 2.45) is 0 Å². The van der Waals surface area contributed by atoms with Gasteiger partial charge in [-0.3, -0.25) is 0 Å². The molecular formula is C8H9ClN-. The minimum atomic E-state index is 0.725. The molecular weight excluding hydrogens is 146 g/mol. The van der Waals surface area contributed by atoms with E-state index in [1.54, 1.807) is 7.05 Å². The van der Waals surface area contributed by atoms with Crippen molar-refractivity contribution in [2.75, 3.05) is 7.05 Å². The van der Waals surface area contributed by atoms with E-state index < -0.39 is 0 Å². The largest absolute Gasteiger partial charge is 0.686 e. The number of hydrogen-bond donors (Lipinski definition) is 0. The lowest BCUT2D eigenvalue weighted by Gasteiger charge is -2.15. The molecule has 0 bridgehead atoms. The second kappa shape index (κ2) is 2.93. The first-order chi connectivity index (χ1) is 4.74. The van der Waals surface area contributed by atoms with Crippen molar-refractivity contribution in [1.82, 2.24) is 0 Å². The third kappa shape index (κ3) is 1.42. The molecule has 1 rings (SSSR count). The summed E-state index contributed by atoms with van der Waals surface area (Å²) in [7, 11) is 1.73. The van der Waals surface area contributed by atoms with Crippen LogP contribution in [0.4, 0.5) is 5.69 Å². The predicted molar refractivity (Wildman–Crippen MR) is 45.1 cm³/mol. The first kappa shape index (κ1) is 7.42. The number of aryl methyl sites for hydroxylation is 1. The molecule has 0 aliphatic carbocycles. The Labute approximate surface area is 66.0 Å². The Morgan fingerprint density at radius 2 is 2.10 bits per heavy atom. The summed E-state index contributed by atoms with van der Waals surface area (Å²) in [6.07, 6.45) is 0. The zero-order valence-electron chi connectivity index (χ0n) is 6.06. The van der Waals surface area contributed by atoms with Gasteiger partial charge in [-0.05, 0) is 18.6 Å². The zero-order chi connectivity index (χ0) is 7.56. The molecule has 0 aliphatic rings. The van der Waals surface area contributed by atoms with Gasteiger partial charge in [-0.25, -0.2) is 0 Å². The van der Waals surface area contributed by atoms with Crippen LogP contribution in [0, 0.1) is 6.92 Å². The predicted octanol–water partition coefficient (Wildman–Crippen LogP) is 3.28. The summed E-state index contributed by atoms with van der Waals surface area (Å²) < 4.78 is 0. The van der Waals surface area contributed by atoms with Crippen molar-refractivity contribution in [1.29, 1.82) is 0 Å². The molecule has 0 fully saturated rings. The Hall–Kier alpha value is -0.690. The van der Waals surface area contributed by atoms with Crippen LogP contribution in [0.1, 0.15) is 5.56 Å². The molecule has 1 aromatic carbocycles. The molecule has 54 valence electrons. The van der Waals surface area contributed by atoms with Gasteiger partial charge in [-0.1, -0.05) is 23.7 Å². The van der Waals surface area contributed by atoms with E-state index in [1.165, 1.54) is 0 Å². The summed E-state index contributed by atoms with van der Waals surface area (Å²) in [6, 6.07) is 5.82. The van der Waals surface area contributed by atoms with E-state index in [-0.39, 0.29) is 0 Å². The van der Waals surface area contributed by atoms with E-state index in [4.69, 9.17) is 11.6 Å². The van der Waals surface area contributed by atoms with Crippen molar-refractivity contribution in [3.05, 3.63) is 34.1 Å². The van der Waals surface area contributed by atoms with Crippen LogP contribution in [0.15, 0.2) is 18.2 Å². The average molecular weight is 155 g/mol. The van der Waals surface area contributed by atoms with Crippen LogP contribution in [0.2, 0.25) is 5.02 Å². The molecule has 1 aromatic rings. The van der Waals surface area contributed by atoms with Crippen LogP contribution in [-0.4, -0.2) is 7.05 Å². The lowest BCUT2D eigenvalue weighted by Crippen LogP contribution is -1.72. The van der Waals surface area contributed by atoms with Gasteiger partial charge in [0.1, 0.15) is 0 Å². The highest BCUT2D eigenvalue weighted by Crippen LogP contribution is 2.27. The van der Waals surface area contributed by atoms with E-state index in [0.29, 0.717) is 0 Å². The third-order valence-electron chi connectivity index (χ3n) is 1.34. The van der Waals surface area contributed by atoms with Gasteiger partial charge in [-0.15, -0.1) is 12.7 Å². The maximum absolute atomic E-state index is 5.84. The fourth-order valence-corrected chi connectivity index (χ4v) is 1.11. The maximum atomic E-state index is 5.84. The van der Waals surface area contributed by atoms with E-state index in [0.717, 1.165) is 16.3 Å². The van der Waals surface area contributed by atoms with Crippen LogP contribution in [-0.2, 0) is 0 Å². The van der Waals surface area contributed by atoms with Crippen LogP contribution in [0.25, 0.3) is 5.32 Å². The van der Waals surface area contributed by atoms with Crippen LogP contribution in [0.3, 0.4) is 0 Å². The zero-order valence-corrected chi connectivity index (χ0v) is 6.81. The van der Waals surface area contributed by atoms with Crippen molar-refractivity contribution < 1.29 is 0 Å². The van der Waals surface area contributed by atoms with Gasteiger partial charge in [0.25, 0.3) is 0 Å². The van der Waals surface area contributed by atoms with Crippen molar-refractivity contribution >= 4 is 17.3 Å². The SMILES string of the molecule is C[N-]c1ccc(C)cc1Cl. The number of nitrogens with zero attached hydrogens (tertiary/aromatic N) is 1. The Morgan fingerprint density at radius 1 is 1.40 bits per heavy atom. The lowest BCUT2D eigenvalue weighted by molar-refractivity contribution is 1.47. The van der Waals surface area contributed by atoms with Gasteiger partial charge in [-0.2, -0.15) is 0 Å². The Morgan fingerprint density at radius 3 is 2.60 bits per heavy atom. The Bertz CT molecular complexity index is 233. The molecule has 0 saturated heterocycles. The van der Waals surface area contributed by atoms with Gasteiger partial charge in [0.05, 0.1) is 0 Å². The van der Waals surface area contributed by atoms with Crippen LogP contribution < -0.4 is 0 Å². The molecule has 0 radical (unpaired) electrons. The first-order valence-corrected chi connectivity index (χ1v) is 3.48. The fraction of sp³-hybridized carbons (Fsp3) is 0.250. The molecule has 0 spiro atoms. The minimum absolute atomic E-state index is 0.725. The topological polar surface area (TPSA) is 14.1 Å². The highest BCUT2D eigenvalue weighted by atomic mass is 35.5. The first-order valence-electron chi connectivity index (χ1n) is 3.10. The summed E-state index contributed by atoms with van der Waals surface area (Å²) in [6.45, 7) is 2.01. The Kier molecular flexibility index (Phi) is 2.17. The molecule has 2 heteroatoms. The highest BCUT2D eigenvalue weighted by molar-refractivity contribution is 6.33. The molecule has 1 nitrogen and oxygen atoms in total. The average Bonchev–Trinajstić information content (AvgIpc) is 1.88. The van der Waals surface area contributed by atoms with Gasteiger partial charge >= 0.3 is 0 Å². The molecule has 0 unspecified atom stereocenters. The van der Waals surface area contributed by atoms with E-state index in [1.807, 2.05) is 25.1 Å². The molecule has 0 atom stereocenters. The minimum Gasteiger partial charge on any atom is -0.686 e. The van der Waals surface area contributed by atoms with E-state index in [9.17, 15) is 0 Å². The number of benzene rings is 1. The molecule has 0 amide bonds. The summed E-state index contributed by atoms with van der Waals surface area (Å²) in [5, 5.41) is 4.70. The van der Waals surface area contributed by atoms with Gasteiger partial charge in [0.15, 0.2) is 0 Å². The molecule has 0 heterocycles. The van der Waals surface area contributed by atoms with Gasteiger partial charge in [0, 0.05) is 5.02 Å². The molecule has 0 aliphatic heterocycles. The second-order valence-electron chi connectivity index (χ2n) is 2.18. The monoisotopic (exact) mass is 154 g/mol. The van der Waals surface area contributed by atoms with Crippen LogP contribution in [0.5, 0.6) is 0 Å². The summed E-state index contributed by atoms with van der Waals surface area (Å²) in [5.74, 6) is 0. The quantitative estimate of drug-likeness (QED) is 0.590. The summed E-state index contributed by atoms with van der Waals surface area (Å²) in [4.78, 5) is 0. The molecule has 0 saturated carbocycles. The number of rotatable bonds is 1. The molecule has 0 aromatic heterocycles. The fourth-order valence-electron chi connectivity index (χ4n) is 0.793. The van der Waals surface area contributed by atoms with Crippen LogP contribution >= 0.6 is 11.6 Å². The Balaban J connectivity index is 3.07. The third-order valence-corrected chi connectivity index (χ3v) is 1.65. The number of halogens is 1. The van der Waals surface area contributed by atoms with E-state index in [2.05, 4.69) is 5.32 Å². The lowest BCUT2D eigenvalue weighted by atomic mass is 10.2. The summed E-state index contributed by atoms with van der Waals surface area (Å²) in [5.41, 5.74) is 2.02. The van der Waals surface area contributed by atoms with Crippen molar-refractivity contribution in [3.63, 3.8) is 0 Å². The number of hydrogen-bond acceptors (Lipinski definition) is 0. The maximum Gasteiger partial charge on any atom is 0.0259 e. The van der Waals surface area contributed by atoms with Gasteiger partial charge < -0.3 is 5.32 Å².